The van der Waals surface area contributed by atoms with Gasteiger partial charge in [0.2, 0.25) is 0 Å². The van der Waals surface area contributed by atoms with Crippen LogP contribution in [0.15, 0.2) is 24.3 Å². The Morgan fingerprint density at radius 3 is 2.89 bits per heavy atom. The molecule has 0 aromatic heterocycles. The number of benzene rings is 1. The summed E-state index contributed by atoms with van der Waals surface area (Å²) in [5, 5.41) is 0. The molecule has 1 nitrogen and oxygen atoms in total. The highest BCUT2D eigenvalue weighted by molar-refractivity contribution is 9.09. The summed E-state index contributed by atoms with van der Waals surface area (Å²) in [6.07, 6.45) is 4.99. The fraction of sp³-hybridized carbons (Fsp3) is 0.647. The highest BCUT2D eigenvalue weighted by Crippen LogP contribution is 2.40. The van der Waals surface area contributed by atoms with E-state index in [0.29, 0.717) is 16.7 Å². The molecule has 0 aliphatic heterocycles. The predicted molar refractivity (Wildman–Crippen MR) is 84.8 cm³/mol. The first-order chi connectivity index (χ1) is 9.18. The largest absolute Gasteiger partial charge is 0.381 e. The van der Waals surface area contributed by atoms with E-state index in [0.717, 1.165) is 19.6 Å². The lowest BCUT2D eigenvalue weighted by Gasteiger charge is -2.21. The highest BCUT2D eigenvalue weighted by atomic mass is 79.9. The molecule has 2 rings (SSSR count). The van der Waals surface area contributed by atoms with E-state index in [1.807, 2.05) is 0 Å². The first-order valence-electron chi connectivity index (χ1n) is 7.48. The van der Waals surface area contributed by atoms with Crippen molar-refractivity contribution in [2.24, 2.45) is 11.8 Å². The molecule has 0 bridgehead atoms. The van der Waals surface area contributed by atoms with Crippen LogP contribution in [0.3, 0.4) is 0 Å². The minimum absolute atomic E-state index is 0.494. The maximum absolute atomic E-state index is 5.75. The van der Waals surface area contributed by atoms with Crippen LogP contribution in [-0.2, 0) is 11.2 Å². The quantitative estimate of drug-likeness (QED) is 0.414. The molecule has 1 aromatic carbocycles. The Balaban J connectivity index is 1.92. The van der Waals surface area contributed by atoms with Gasteiger partial charge in [0.05, 0.1) is 0 Å². The molecule has 106 valence electrons. The molecule has 0 heterocycles. The van der Waals surface area contributed by atoms with Gasteiger partial charge in [-0.25, -0.2) is 0 Å². The maximum Gasteiger partial charge on any atom is 0.0488 e. The van der Waals surface area contributed by atoms with Crippen molar-refractivity contribution in [3.05, 3.63) is 35.4 Å². The van der Waals surface area contributed by atoms with E-state index in [1.165, 1.54) is 30.4 Å². The van der Waals surface area contributed by atoms with Crippen LogP contribution in [0.5, 0.6) is 0 Å². The number of alkyl halides is 1. The Labute approximate surface area is 125 Å². The highest BCUT2D eigenvalue weighted by Gasteiger charge is 2.25. The molecule has 1 aliphatic carbocycles. The van der Waals surface area contributed by atoms with Gasteiger partial charge in [-0.1, -0.05) is 54.0 Å². The number of rotatable bonds is 5. The zero-order valence-corrected chi connectivity index (χ0v) is 13.7. The standard InChI is InChI=1S/C17H25BrO/c1-13(2)12-19-11-10-15-8-5-7-14-6-3-4-9-16(14)17(15)18/h3-4,6,9,13,15,17H,5,7-8,10-12H2,1-2H3. The maximum atomic E-state index is 5.75. The normalized spacial score (nSPS) is 23.2. The minimum atomic E-state index is 0.494. The van der Waals surface area contributed by atoms with Crippen molar-refractivity contribution in [3.63, 3.8) is 0 Å². The topological polar surface area (TPSA) is 9.23 Å². The van der Waals surface area contributed by atoms with Gasteiger partial charge in [0, 0.05) is 18.0 Å². The predicted octanol–water partition coefficient (Wildman–Crippen LogP) is 5.14. The van der Waals surface area contributed by atoms with Crippen molar-refractivity contribution in [2.75, 3.05) is 13.2 Å². The molecule has 2 unspecified atom stereocenters. The molecule has 0 fully saturated rings. The van der Waals surface area contributed by atoms with Crippen LogP contribution in [0.25, 0.3) is 0 Å². The Morgan fingerprint density at radius 1 is 1.32 bits per heavy atom. The summed E-state index contributed by atoms with van der Waals surface area (Å²) in [5.41, 5.74) is 3.02. The molecular weight excluding hydrogens is 300 g/mol. The average Bonchev–Trinajstić information content (AvgIpc) is 2.55. The van der Waals surface area contributed by atoms with Crippen LogP contribution in [0.1, 0.15) is 49.1 Å². The van der Waals surface area contributed by atoms with Crippen LogP contribution in [0.4, 0.5) is 0 Å². The first-order valence-corrected chi connectivity index (χ1v) is 8.39. The van der Waals surface area contributed by atoms with Crippen molar-refractivity contribution >= 4 is 15.9 Å². The van der Waals surface area contributed by atoms with Crippen molar-refractivity contribution < 1.29 is 4.74 Å². The summed E-state index contributed by atoms with van der Waals surface area (Å²) in [6, 6.07) is 8.87. The summed E-state index contributed by atoms with van der Waals surface area (Å²) in [5.74, 6) is 1.34. The van der Waals surface area contributed by atoms with Crippen LogP contribution < -0.4 is 0 Å². The van der Waals surface area contributed by atoms with E-state index in [-0.39, 0.29) is 0 Å². The first kappa shape index (κ1) is 15.1. The lowest BCUT2D eigenvalue weighted by Crippen LogP contribution is -2.12. The molecule has 2 atom stereocenters. The third-order valence-electron chi connectivity index (χ3n) is 3.87. The summed E-state index contributed by atoms with van der Waals surface area (Å²) < 4.78 is 5.75. The second-order valence-electron chi connectivity index (χ2n) is 6.01. The van der Waals surface area contributed by atoms with Gasteiger partial charge >= 0.3 is 0 Å². The molecule has 1 aromatic rings. The van der Waals surface area contributed by atoms with E-state index in [1.54, 1.807) is 0 Å². The Hall–Kier alpha value is -0.340. The summed E-state index contributed by atoms with van der Waals surface area (Å²) in [6.45, 7) is 6.19. The van der Waals surface area contributed by atoms with Crippen LogP contribution in [-0.4, -0.2) is 13.2 Å². The van der Waals surface area contributed by atoms with Crippen LogP contribution in [0, 0.1) is 11.8 Å². The second-order valence-corrected chi connectivity index (χ2v) is 7.00. The SMILES string of the molecule is CC(C)COCCC1CCCc2ccccc2C1Br. The Bertz CT molecular complexity index is 389. The van der Waals surface area contributed by atoms with Gasteiger partial charge in [-0.3, -0.25) is 0 Å². The summed E-state index contributed by atoms with van der Waals surface area (Å²) in [7, 11) is 0. The zero-order valence-electron chi connectivity index (χ0n) is 12.1. The second kappa shape index (κ2) is 7.44. The molecule has 19 heavy (non-hydrogen) atoms. The van der Waals surface area contributed by atoms with Gasteiger partial charge < -0.3 is 4.74 Å². The van der Waals surface area contributed by atoms with Gasteiger partial charge in [-0.15, -0.1) is 0 Å². The molecule has 0 spiro atoms. The van der Waals surface area contributed by atoms with Gasteiger partial charge in [-0.05, 0) is 48.6 Å². The molecule has 2 heteroatoms. The van der Waals surface area contributed by atoms with E-state index < -0.39 is 0 Å². The number of halogens is 1. The van der Waals surface area contributed by atoms with Crippen molar-refractivity contribution in [1.82, 2.24) is 0 Å². The third-order valence-corrected chi connectivity index (χ3v) is 5.11. The lowest BCUT2D eigenvalue weighted by molar-refractivity contribution is 0.0967. The molecule has 0 N–H and O–H groups in total. The van der Waals surface area contributed by atoms with Crippen LogP contribution >= 0.6 is 15.9 Å². The monoisotopic (exact) mass is 324 g/mol. The molecule has 0 saturated heterocycles. The van der Waals surface area contributed by atoms with Crippen LogP contribution in [0.2, 0.25) is 0 Å². The number of hydrogen-bond donors (Lipinski definition) is 0. The Kier molecular flexibility index (Phi) is 5.90. The molecular formula is C17H25BrO. The van der Waals surface area contributed by atoms with Gasteiger partial charge in [0.1, 0.15) is 0 Å². The van der Waals surface area contributed by atoms with E-state index in [2.05, 4.69) is 54.0 Å². The van der Waals surface area contributed by atoms with Crippen molar-refractivity contribution in [1.29, 1.82) is 0 Å². The number of hydrogen-bond acceptors (Lipinski definition) is 1. The fourth-order valence-corrected chi connectivity index (χ4v) is 3.81. The van der Waals surface area contributed by atoms with Crippen molar-refractivity contribution in [2.45, 2.75) is 44.4 Å². The van der Waals surface area contributed by atoms with Gasteiger partial charge in [-0.2, -0.15) is 0 Å². The lowest BCUT2D eigenvalue weighted by atomic mass is 9.94. The average molecular weight is 325 g/mol. The van der Waals surface area contributed by atoms with Gasteiger partial charge in [0.25, 0.3) is 0 Å². The van der Waals surface area contributed by atoms with E-state index in [4.69, 9.17) is 4.74 Å². The third kappa shape index (κ3) is 4.32. The summed E-state index contributed by atoms with van der Waals surface area (Å²) >= 11 is 3.93. The molecule has 1 aliphatic rings. The molecule has 0 amide bonds. The van der Waals surface area contributed by atoms with Gasteiger partial charge in [0.15, 0.2) is 0 Å². The fourth-order valence-electron chi connectivity index (χ4n) is 2.83. The minimum Gasteiger partial charge on any atom is -0.381 e. The number of aryl methyl sites for hydroxylation is 1. The van der Waals surface area contributed by atoms with E-state index >= 15 is 0 Å². The zero-order chi connectivity index (χ0) is 13.7. The number of ether oxygens (including phenoxy) is 1. The summed E-state index contributed by atoms with van der Waals surface area (Å²) in [4.78, 5) is 0.494. The van der Waals surface area contributed by atoms with E-state index in [9.17, 15) is 0 Å². The number of fused-ring (bicyclic) bond motifs is 1. The molecule has 0 saturated carbocycles. The Morgan fingerprint density at radius 2 is 2.11 bits per heavy atom. The molecule has 0 radical (unpaired) electrons. The smallest absolute Gasteiger partial charge is 0.0488 e. The van der Waals surface area contributed by atoms with Crippen molar-refractivity contribution in [3.8, 4) is 0 Å².